The molecule has 0 aliphatic carbocycles. The van der Waals surface area contributed by atoms with Gasteiger partial charge in [-0.2, -0.15) is 0 Å². The number of nitrogens with zero attached hydrogens (tertiary/aromatic N) is 3. The van der Waals surface area contributed by atoms with Gasteiger partial charge in [0.1, 0.15) is 23.7 Å². The molecule has 1 atom stereocenters. The number of hydrogen-bond donors (Lipinski definition) is 0. The van der Waals surface area contributed by atoms with Crippen LogP contribution >= 0.6 is 0 Å². The van der Waals surface area contributed by atoms with Gasteiger partial charge in [0.15, 0.2) is 5.75 Å². The molecule has 0 aromatic heterocycles. The fourth-order valence-corrected chi connectivity index (χ4v) is 3.89. The van der Waals surface area contributed by atoms with Gasteiger partial charge in [0, 0.05) is 25.7 Å². The van der Waals surface area contributed by atoms with E-state index in [1.807, 2.05) is 56.3 Å². The number of esters is 1. The third kappa shape index (κ3) is 3.87. The Morgan fingerprint density at radius 3 is 2.73 bits per heavy atom. The maximum Gasteiger partial charge on any atom is 0.315 e. The zero-order chi connectivity index (χ0) is 21.3. The normalized spacial score (nSPS) is 17.8. The Kier molecular flexibility index (Phi) is 5.44. The monoisotopic (exact) mass is 407 g/mol. The van der Waals surface area contributed by atoms with E-state index in [9.17, 15) is 9.59 Å². The molecule has 2 aliphatic rings. The van der Waals surface area contributed by atoms with E-state index in [0.717, 1.165) is 34.1 Å². The molecule has 1 unspecified atom stereocenters. The van der Waals surface area contributed by atoms with Crippen LogP contribution in [-0.2, 0) is 14.3 Å². The van der Waals surface area contributed by atoms with Crippen LogP contribution in [0, 0.1) is 6.92 Å². The van der Waals surface area contributed by atoms with Gasteiger partial charge in [-0.05, 0) is 43.7 Å². The smallest absolute Gasteiger partial charge is 0.315 e. The first-order chi connectivity index (χ1) is 14.5. The Bertz CT molecular complexity index is 1020. The predicted molar refractivity (Wildman–Crippen MR) is 113 cm³/mol. The SMILES string of the molecule is COC(=O)CC(=O)N1CCN(C2=Nc3ccc(C)cc3Oc3ccccc32)CC1C. The van der Waals surface area contributed by atoms with E-state index in [2.05, 4.69) is 9.64 Å². The van der Waals surface area contributed by atoms with E-state index in [-0.39, 0.29) is 18.4 Å². The minimum absolute atomic E-state index is 0.0626. The highest BCUT2D eigenvalue weighted by Gasteiger charge is 2.32. The molecule has 2 heterocycles. The van der Waals surface area contributed by atoms with Crippen molar-refractivity contribution in [1.29, 1.82) is 0 Å². The minimum Gasteiger partial charge on any atom is -0.469 e. The van der Waals surface area contributed by atoms with Crippen LogP contribution in [0.3, 0.4) is 0 Å². The molecule has 0 spiro atoms. The molecule has 2 aliphatic heterocycles. The number of methoxy groups -OCH3 is 1. The molecule has 2 aromatic rings. The number of carbonyl (C=O) groups excluding carboxylic acids is 2. The van der Waals surface area contributed by atoms with Crippen molar-refractivity contribution in [1.82, 2.24) is 9.80 Å². The quantitative estimate of drug-likeness (QED) is 0.564. The highest BCUT2D eigenvalue weighted by Crippen LogP contribution is 2.38. The minimum atomic E-state index is -0.513. The van der Waals surface area contributed by atoms with Crippen LogP contribution in [-0.4, -0.2) is 60.3 Å². The summed E-state index contributed by atoms with van der Waals surface area (Å²) in [7, 11) is 1.29. The number of rotatable bonds is 2. The van der Waals surface area contributed by atoms with Crippen LogP contribution in [0.4, 0.5) is 5.69 Å². The summed E-state index contributed by atoms with van der Waals surface area (Å²) in [6, 6.07) is 13.8. The fourth-order valence-electron chi connectivity index (χ4n) is 3.89. The third-order valence-electron chi connectivity index (χ3n) is 5.46. The van der Waals surface area contributed by atoms with Crippen molar-refractivity contribution in [3.05, 3.63) is 53.6 Å². The third-order valence-corrected chi connectivity index (χ3v) is 5.46. The van der Waals surface area contributed by atoms with Crippen LogP contribution in [0.5, 0.6) is 11.5 Å². The molecule has 0 N–H and O–H groups in total. The molecule has 30 heavy (non-hydrogen) atoms. The summed E-state index contributed by atoms with van der Waals surface area (Å²) >= 11 is 0. The van der Waals surface area contributed by atoms with Gasteiger partial charge in [-0.3, -0.25) is 9.59 Å². The summed E-state index contributed by atoms with van der Waals surface area (Å²) in [6.07, 6.45) is -0.231. The van der Waals surface area contributed by atoms with Gasteiger partial charge in [-0.1, -0.05) is 18.2 Å². The Labute approximate surface area is 175 Å². The molecular weight excluding hydrogens is 382 g/mol. The van der Waals surface area contributed by atoms with Gasteiger partial charge in [-0.15, -0.1) is 0 Å². The van der Waals surface area contributed by atoms with Gasteiger partial charge >= 0.3 is 5.97 Å². The molecule has 1 fully saturated rings. The first-order valence-electron chi connectivity index (χ1n) is 10.0. The van der Waals surface area contributed by atoms with E-state index in [1.54, 1.807) is 4.90 Å². The number of fused-ring (bicyclic) bond motifs is 2. The first-order valence-corrected chi connectivity index (χ1v) is 10.0. The van der Waals surface area contributed by atoms with Gasteiger partial charge in [0.05, 0.1) is 12.7 Å². The van der Waals surface area contributed by atoms with Crippen molar-refractivity contribution in [2.75, 3.05) is 26.7 Å². The number of hydrogen-bond acceptors (Lipinski definition) is 6. The van der Waals surface area contributed by atoms with E-state index >= 15 is 0 Å². The van der Waals surface area contributed by atoms with Crippen LogP contribution in [0.1, 0.15) is 24.5 Å². The standard InChI is InChI=1S/C23H25N3O4/c1-15-8-9-18-20(12-15)30-19-7-5-4-6-17(19)23(24-18)25-10-11-26(16(2)14-25)21(27)13-22(28)29-3/h4-9,12,16H,10-11,13-14H2,1-3H3. The Hall–Kier alpha value is -3.35. The van der Waals surface area contributed by atoms with Crippen molar-refractivity contribution in [2.24, 2.45) is 4.99 Å². The Morgan fingerprint density at radius 2 is 1.97 bits per heavy atom. The second-order valence-electron chi connectivity index (χ2n) is 7.64. The topological polar surface area (TPSA) is 71.4 Å². The average Bonchev–Trinajstić information content (AvgIpc) is 2.89. The lowest BCUT2D eigenvalue weighted by molar-refractivity contribution is -0.148. The molecule has 1 saturated heterocycles. The summed E-state index contributed by atoms with van der Waals surface area (Å²) in [5.41, 5.74) is 2.81. The van der Waals surface area contributed by atoms with Crippen LogP contribution in [0.15, 0.2) is 47.5 Å². The number of amidine groups is 1. The summed E-state index contributed by atoms with van der Waals surface area (Å²) in [6.45, 7) is 5.75. The van der Waals surface area contributed by atoms with Crippen molar-refractivity contribution >= 4 is 23.4 Å². The zero-order valence-corrected chi connectivity index (χ0v) is 17.4. The lowest BCUT2D eigenvalue weighted by Crippen LogP contribution is -2.55. The molecule has 156 valence electrons. The largest absolute Gasteiger partial charge is 0.469 e. The molecule has 7 nitrogen and oxygen atoms in total. The number of ether oxygens (including phenoxy) is 2. The van der Waals surface area contributed by atoms with E-state index in [4.69, 9.17) is 9.73 Å². The molecule has 1 amide bonds. The number of aryl methyl sites for hydroxylation is 1. The summed E-state index contributed by atoms with van der Waals surface area (Å²) in [5, 5.41) is 0. The van der Waals surface area contributed by atoms with Crippen molar-refractivity contribution < 1.29 is 19.1 Å². The predicted octanol–water partition coefficient (Wildman–Crippen LogP) is 3.27. The summed E-state index contributed by atoms with van der Waals surface area (Å²) < 4.78 is 10.8. The van der Waals surface area contributed by atoms with E-state index in [0.29, 0.717) is 19.6 Å². The number of aliphatic imine (C=N–C) groups is 1. The first kappa shape index (κ1) is 19.9. The number of piperazine rings is 1. The molecule has 0 radical (unpaired) electrons. The second kappa shape index (κ2) is 8.18. The molecule has 0 bridgehead atoms. The number of amides is 1. The maximum absolute atomic E-state index is 12.5. The number of benzene rings is 2. The molecule has 2 aromatic carbocycles. The lowest BCUT2D eigenvalue weighted by atomic mass is 10.1. The summed E-state index contributed by atoms with van der Waals surface area (Å²) in [5.74, 6) is 1.61. The molecule has 4 rings (SSSR count). The van der Waals surface area contributed by atoms with Crippen molar-refractivity contribution in [2.45, 2.75) is 26.3 Å². The number of para-hydroxylation sites is 1. The molecule has 7 heteroatoms. The highest BCUT2D eigenvalue weighted by atomic mass is 16.5. The molecule has 0 saturated carbocycles. The Balaban J connectivity index is 1.62. The zero-order valence-electron chi connectivity index (χ0n) is 17.4. The molecular formula is C23H25N3O4. The van der Waals surface area contributed by atoms with Gasteiger partial charge < -0.3 is 19.3 Å². The fraction of sp³-hybridized carbons (Fsp3) is 0.348. The average molecular weight is 407 g/mol. The maximum atomic E-state index is 12.5. The lowest BCUT2D eigenvalue weighted by Gasteiger charge is -2.41. The van der Waals surface area contributed by atoms with Crippen LogP contribution in [0.2, 0.25) is 0 Å². The van der Waals surface area contributed by atoms with E-state index < -0.39 is 5.97 Å². The second-order valence-corrected chi connectivity index (χ2v) is 7.64. The van der Waals surface area contributed by atoms with E-state index in [1.165, 1.54) is 7.11 Å². The van der Waals surface area contributed by atoms with Crippen LogP contribution < -0.4 is 4.74 Å². The van der Waals surface area contributed by atoms with Gasteiger partial charge in [0.25, 0.3) is 0 Å². The van der Waals surface area contributed by atoms with Crippen LogP contribution in [0.25, 0.3) is 0 Å². The van der Waals surface area contributed by atoms with Gasteiger partial charge in [-0.25, -0.2) is 4.99 Å². The number of carbonyl (C=O) groups is 2. The van der Waals surface area contributed by atoms with Crippen molar-refractivity contribution in [3.8, 4) is 11.5 Å². The Morgan fingerprint density at radius 1 is 1.17 bits per heavy atom. The summed E-state index contributed by atoms with van der Waals surface area (Å²) in [4.78, 5) is 32.8. The highest BCUT2D eigenvalue weighted by molar-refractivity contribution is 6.04. The van der Waals surface area contributed by atoms with Gasteiger partial charge in [0.2, 0.25) is 5.91 Å². The van der Waals surface area contributed by atoms with Crippen molar-refractivity contribution in [3.63, 3.8) is 0 Å².